The first-order chi connectivity index (χ1) is 14.1. The molecule has 1 aliphatic heterocycles. The first kappa shape index (κ1) is 23.4. The molecule has 0 radical (unpaired) electrons. The van der Waals surface area contributed by atoms with Gasteiger partial charge in [0.05, 0.1) is 19.2 Å². The molecule has 2 rings (SSSR count). The highest BCUT2D eigenvalue weighted by atomic mass is 127. The van der Waals surface area contributed by atoms with Crippen molar-refractivity contribution in [1.82, 2.24) is 15.5 Å². The third-order valence-corrected chi connectivity index (χ3v) is 4.93. The van der Waals surface area contributed by atoms with Gasteiger partial charge in [0.1, 0.15) is 18.5 Å². The topological polar surface area (TPSA) is 151 Å². The highest BCUT2D eigenvalue weighted by molar-refractivity contribution is 14.1. The Labute approximate surface area is 186 Å². The van der Waals surface area contributed by atoms with E-state index in [1.54, 1.807) is 12.1 Å². The van der Waals surface area contributed by atoms with Crippen molar-refractivity contribution in [2.45, 2.75) is 25.8 Å². The molecule has 11 nitrogen and oxygen atoms in total. The molecule has 1 saturated heterocycles. The average Bonchev–Trinajstić information content (AvgIpc) is 2.66. The van der Waals surface area contributed by atoms with Gasteiger partial charge in [0, 0.05) is 23.5 Å². The average molecular weight is 531 g/mol. The minimum Gasteiger partial charge on any atom is -0.495 e. The number of amides is 6. The Bertz CT molecular complexity index is 861. The van der Waals surface area contributed by atoms with Crippen LogP contribution in [0.3, 0.4) is 0 Å². The third kappa shape index (κ3) is 5.81. The summed E-state index contributed by atoms with van der Waals surface area (Å²) in [5.41, 5.74) is 5.61. The Morgan fingerprint density at radius 1 is 1.30 bits per heavy atom. The summed E-state index contributed by atoms with van der Waals surface area (Å²) in [7, 11) is 1.48. The number of benzene rings is 1. The van der Waals surface area contributed by atoms with Crippen LogP contribution in [0.25, 0.3) is 0 Å². The smallest absolute Gasteiger partial charge is 0.332 e. The number of carbonyl (C=O) groups excluding carboxylic acids is 5. The van der Waals surface area contributed by atoms with E-state index in [0.717, 1.165) is 8.47 Å². The standard InChI is InChI=1S/C18H22IN5O6/c1-10(25)22-12(8-15(20)26)17(28)21-9-24-16(27)5-6-23(18(24)29)13-7-11(19)3-4-14(13)30-2/h3-4,7,12H,5-6,8-9H2,1-2H3,(H2,20,26)(H,21,28)(H,22,25). The number of nitrogens with zero attached hydrogens (tertiary/aromatic N) is 2. The maximum absolute atomic E-state index is 12.9. The molecule has 0 aliphatic carbocycles. The minimum absolute atomic E-state index is 0.0483. The molecule has 0 bridgehead atoms. The van der Waals surface area contributed by atoms with Crippen LogP contribution in [0.2, 0.25) is 0 Å². The van der Waals surface area contributed by atoms with Crippen molar-refractivity contribution in [3.63, 3.8) is 0 Å². The fraction of sp³-hybridized carbons (Fsp3) is 0.389. The number of imide groups is 1. The highest BCUT2D eigenvalue weighted by Gasteiger charge is 2.35. The lowest BCUT2D eigenvalue weighted by Crippen LogP contribution is -2.57. The molecule has 1 aromatic carbocycles. The van der Waals surface area contributed by atoms with Crippen molar-refractivity contribution in [3.8, 4) is 5.75 Å². The molecule has 1 atom stereocenters. The van der Waals surface area contributed by atoms with E-state index >= 15 is 0 Å². The molecule has 162 valence electrons. The Kier molecular flexibility index (Phi) is 7.97. The van der Waals surface area contributed by atoms with Gasteiger partial charge in [-0.25, -0.2) is 9.69 Å². The largest absolute Gasteiger partial charge is 0.495 e. The van der Waals surface area contributed by atoms with Crippen LogP contribution in [0.1, 0.15) is 19.8 Å². The van der Waals surface area contributed by atoms with Crippen LogP contribution in [0.4, 0.5) is 10.5 Å². The molecule has 1 aromatic rings. The summed E-state index contributed by atoms with van der Waals surface area (Å²) in [6.07, 6.45) is -0.369. The Balaban J connectivity index is 2.15. The van der Waals surface area contributed by atoms with E-state index in [9.17, 15) is 24.0 Å². The van der Waals surface area contributed by atoms with Crippen LogP contribution in [0, 0.1) is 3.57 Å². The maximum atomic E-state index is 12.9. The second kappa shape index (κ2) is 10.2. The summed E-state index contributed by atoms with van der Waals surface area (Å²) in [5.74, 6) is -2.06. The Morgan fingerprint density at radius 3 is 2.60 bits per heavy atom. The van der Waals surface area contributed by atoms with Crippen molar-refractivity contribution in [2.24, 2.45) is 5.73 Å². The number of hydrogen-bond acceptors (Lipinski definition) is 6. The quantitative estimate of drug-likeness (QED) is 0.399. The van der Waals surface area contributed by atoms with Gasteiger partial charge in [-0.2, -0.15) is 0 Å². The van der Waals surface area contributed by atoms with Gasteiger partial charge >= 0.3 is 6.03 Å². The molecule has 6 amide bonds. The molecule has 12 heteroatoms. The van der Waals surface area contributed by atoms with Crippen LogP contribution in [-0.2, 0) is 19.2 Å². The summed E-state index contributed by atoms with van der Waals surface area (Å²) in [5, 5.41) is 4.71. The van der Waals surface area contributed by atoms with Gasteiger partial charge in [0.2, 0.25) is 23.6 Å². The fourth-order valence-electron chi connectivity index (χ4n) is 2.88. The summed E-state index contributed by atoms with van der Waals surface area (Å²) in [6.45, 7) is 0.925. The predicted molar refractivity (Wildman–Crippen MR) is 114 cm³/mol. The Hall–Kier alpha value is -2.90. The molecule has 0 spiro atoms. The molecular weight excluding hydrogens is 509 g/mol. The first-order valence-electron chi connectivity index (χ1n) is 8.92. The zero-order valence-electron chi connectivity index (χ0n) is 16.4. The lowest BCUT2D eigenvalue weighted by atomic mass is 10.2. The van der Waals surface area contributed by atoms with Crippen molar-refractivity contribution in [2.75, 3.05) is 25.2 Å². The molecule has 0 aromatic heterocycles. The van der Waals surface area contributed by atoms with E-state index in [4.69, 9.17) is 10.5 Å². The third-order valence-electron chi connectivity index (χ3n) is 4.25. The Morgan fingerprint density at radius 2 is 2.00 bits per heavy atom. The summed E-state index contributed by atoms with van der Waals surface area (Å²) < 4.78 is 6.19. The van der Waals surface area contributed by atoms with Gasteiger partial charge in [-0.05, 0) is 40.8 Å². The van der Waals surface area contributed by atoms with Crippen LogP contribution in [-0.4, -0.2) is 60.9 Å². The van der Waals surface area contributed by atoms with Gasteiger partial charge in [-0.3, -0.25) is 24.1 Å². The van der Waals surface area contributed by atoms with E-state index in [1.165, 1.54) is 18.9 Å². The van der Waals surface area contributed by atoms with Crippen LogP contribution >= 0.6 is 22.6 Å². The fourth-order valence-corrected chi connectivity index (χ4v) is 3.35. The highest BCUT2D eigenvalue weighted by Crippen LogP contribution is 2.32. The first-order valence-corrected chi connectivity index (χ1v) is 10.0. The number of ether oxygens (including phenoxy) is 1. The van der Waals surface area contributed by atoms with E-state index < -0.39 is 48.8 Å². The zero-order valence-corrected chi connectivity index (χ0v) is 18.6. The van der Waals surface area contributed by atoms with Gasteiger partial charge in [-0.1, -0.05) is 0 Å². The predicted octanol–water partition coefficient (Wildman–Crippen LogP) is -0.0877. The van der Waals surface area contributed by atoms with Crippen molar-refractivity contribution < 1.29 is 28.7 Å². The van der Waals surface area contributed by atoms with Crippen LogP contribution in [0.15, 0.2) is 18.2 Å². The van der Waals surface area contributed by atoms with Crippen molar-refractivity contribution in [3.05, 3.63) is 21.8 Å². The number of hydrogen-bond donors (Lipinski definition) is 3. The molecule has 0 saturated carbocycles. The number of rotatable bonds is 8. The normalized spacial score (nSPS) is 14.9. The zero-order chi connectivity index (χ0) is 22.4. The number of nitrogens with one attached hydrogen (secondary N) is 2. The van der Waals surface area contributed by atoms with Gasteiger partial charge < -0.3 is 21.1 Å². The molecule has 1 heterocycles. The molecule has 1 unspecified atom stereocenters. The van der Waals surface area contributed by atoms with Crippen LogP contribution in [0.5, 0.6) is 5.75 Å². The van der Waals surface area contributed by atoms with E-state index in [2.05, 4.69) is 33.2 Å². The number of halogens is 1. The second-order valence-corrected chi connectivity index (χ2v) is 7.69. The lowest BCUT2D eigenvalue weighted by molar-refractivity contribution is -0.133. The number of carbonyl (C=O) groups is 5. The van der Waals surface area contributed by atoms with Gasteiger partial charge in [0.15, 0.2) is 0 Å². The van der Waals surface area contributed by atoms with E-state index in [0.29, 0.717) is 11.4 Å². The SMILES string of the molecule is COc1ccc(I)cc1N1CCC(=O)N(CNC(=O)C(CC(N)=O)NC(C)=O)C1=O. The van der Waals surface area contributed by atoms with E-state index in [-0.39, 0.29) is 13.0 Å². The lowest BCUT2D eigenvalue weighted by Gasteiger charge is -2.35. The summed E-state index contributed by atoms with van der Waals surface area (Å²) >= 11 is 2.10. The van der Waals surface area contributed by atoms with Crippen molar-refractivity contribution in [1.29, 1.82) is 0 Å². The summed E-state index contributed by atoms with van der Waals surface area (Å²) in [6, 6.07) is 3.46. The summed E-state index contributed by atoms with van der Waals surface area (Å²) in [4.78, 5) is 62.3. The van der Waals surface area contributed by atoms with Gasteiger partial charge in [0.25, 0.3) is 0 Å². The second-order valence-electron chi connectivity index (χ2n) is 6.44. The molecule has 1 fully saturated rings. The monoisotopic (exact) mass is 531 g/mol. The molecule has 30 heavy (non-hydrogen) atoms. The molecule has 1 aliphatic rings. The number of urea groups is 1. The number of primary amides is 1. The number of anilines is 1. The van der Waals surface area contributed by atoms with Crippen LogP contribution < -0.4 is 26.0 Å². The number of nitrogens with two attached hydrogens (primary N) is 1. The number of methoxy groups -OCH3 is 1. The maximum Gasteiger partial charge on any atom is 0.332 e. The molecule has 4 N–H and O–H groups in total. The van der Waals surface area contributed by atoms with E-state index in [1.807, 2.05) is 6.07 Å². The minimum atomic E-state index is -1.21. The van der Waals surface area contributed by atoms with Gasteiger partial charge in [-0.15, -0.1) is 0 Å². The van der Waals surface area contributed by atoms with Crippen molar-refractivity contribution >= 4 is 57.9 Å². The molecular formula is C18H22IN5O6.